The highest BCUT2D eigenvalue weighted by atomic mass is 32.2. The van der Waals surface area contributed by atoms with Crippen molar-refractivity contribution >= 4 is 70.1 Å². The van der Waals surface area contributed by atoms with Gasteiger partial charge in [-0.1, -0.05) is 6.42 Å². The molecule has 0 atom stereocenters. The van der Waals surface area contributed by atoms with E-state index < -0.39 is 58.5 Å². The Bertz CT molecular complexity index is 2150. The normalized spacial score (nSPS) is 11.4. The average molecular weight is 927 g/mol. The van der Waals surface area contributed by atoms with Gasteiger partial charge in [-0.25, -0.2) is 9.97 Å². The van der Waals surface area contributed by atoms with Gasteiger partial charge in [0.25, 0.3) is 11.8 Å². The fourth-order valence-electron chi connectivity index (χ4n) is 5.86. The summed E-state index contributed by atoms with van der Waals surface area (Å²) in [5.74, 6) is -3.54. The summed E-state index contributed by atoms with van der Waals surface area (Å²) in [4.78, 5) is 68.5. The Labute approximate surface area is 368 Å². The first-order chi connectivity index (χ1) is 30.2. The third kappa shape index (κ3) is 17.5. The molecule has 25 heteroatoms. The van der Waals surface area contributed by atoms with E-state index in [0.29, 0.717) is 69.7 Å². The number of guanidine groups is 2. The van der Waals surface area contributed by atoms with Gasteiger partial charge in [0.05, 0.1) is 27.4 Å². The Morgan fingerprint density at radius 1 is 0.578 bits per heavy atom. The van der Waals surface area contributed by atoms with Crippen molar-refractivity contribution < 1.29 is 45.5 Å². The van der Waals surface area contributed by atoms with Crippen LogP contribution in [-0.4, -0.2) is 77.4 Å². The Morgan fingerprint density at radius 2 is 1.03 bits per heavy atom. The first kappa shape index (κ1) is 52.1. The van der Waals surface area contributed by atoms with E-state index in [1.807, 2.05) is 0 Å². The second-order valence-electron chi connectivity index (χ2n) is 14.0. The van der Waals surface area contributed by atoms with Gasteiger partial charge in [-0.2, -0.15) is 26.3 Å². The molecular weight excluding hydrogens is 875 g/mol. The van der Waals surface area contributed by atoms with Gasteiger partial charge in [0, 0.05) is 55.7 Å². The van der Waals surface area contributed by atoms with Crippen LogP contribution < -0.4 is 55.7 Å². The molecule has 0 bridgehead atoms. The second kappa shape index (κ2) is 25.2. The number of carbonyl (C=O) groups is 4. The van der Waals surface area contributed by atoms with Gasteiger partial charge >= 0.3 is 12.4 Å². The predicted molar refractivity (Wildman–Crippen MR) is 234 cm³/mol. The van der Waals surface area contributed by atoms with Crippen LogP contribution in [0.25, 0.3) is 0 Å². The Morgan fingerprint density at radius 3 is 1.50 bits per heavy atom. The molecule has 2 aromatic carbocycles. The molecule has 0 saturated heterocycles. The molecule has 1 heterocycles. The van der Waals surface area contributed by atoms with Gasteiger partial charge in [-0.05, 0) is 81.3 Å². The summed E-state index contributed by atoms with van der Waals surface area (Å²) >= 11 is 0.950. The summed E-state index contributed by atoms with van der Waals surface area (Å²) in [5, 5.41) is 9.78. The van der Waals surface area contributed by atoms with E-state index in [4.69, 9.17) is 34.4 Å². The van der Waals surface area contributed by atoms with Gasteiger partial charge < -0.3 is 55.7 Å². The van der Waals surface area contributed by atoms with Crippen LogP contribution in [0.3, 0.4) is 0 Å². The van der Waals surface area contributed by atoms with Crippen molar-refractivity contribution in [3.63, 3.8) is 0 Å². The third-order valence-corrected chi connectivity index (χ3v) is 10.0. The van der Waals surface area contributed by atoms with Crippen LogP contribution in [0.1, 0.15) is 95.5 Å². The minimum atomic E-state index is -4.93. The van der Waals surface area contributed by atoms with Crippen LogP contribution in [0.4, 0.5) is 49.1 Å². The van der Waals surface area contributed by atoms with Gasteiger partial charge in [0.15, 0.2) is 11.9 Å². The number of nitrogens with two attached hydrogens (primary N) is 6. The number of nitrogens with one attached hydrogen (secondary N) is 4. The molecule has 3 rings (SSSR count). The molecule has 350 valence electrons. The fraction of sp³-hybridized carbons (Fsp3) is 0.436. The second-order valence-corrected chi connectivity index (χ2v) is 15.1. The summed E-state index contributed by atoms with van der Waals surface area (Å²) in [5.41, 5.74) is 28.1. The Balaban J connectivity index is 1.97. The molecule has 18 nitrogen and oxygen atoms in total. The number of rotatable bonds is 24. The minimum Gasteiger partial charge on any atom is -0.370 e. The molecule has 4 amide bonds. The van der Waals surface area contributed by atoms with E-state index in [-0.39, 0.29) is 89.8 Å². The number of halogens is 6. The number of carbonyl (C=O) groups excluding carboxylic acids is 4. The maximum atomic E-state index is 14.2. The molecular formula is C39H52F6N14O4S. The highest BCUT2D eigenvalue weighted by Gasteiger charge is 2.34. The Hall–Kier alpha value is -6.21. The smallest absolute Gasteiger partial charge is 0.370 e. The number of hydrogen-bond acceptors (Lipinski definition) is 11. The molecule has 0 aliphatic rings. The molecule has 64 heavy (non-hydrogen) atoms. The van der Waals surface area contributed by atoms with E-state index in [2.05, 4.69) is 41.2 Å². The summed E-state index contributed by atoms with van der Waals surface area (Å²) in [6.07, 6.45) is -6.11. The van der Waals surface area contributed by atoms with E-state index in [1.54, 1.807) is 0 Å². The maximum Gasteiger partial charge on any atom is 0.416 e. The van der Waals surface area contributed by atoms with E-state index in [9.17, 15) is 45.5 Å². The van der Waals surface area contributed by atoms with Crippen molar-refractivity contribution in [2.24, 2.45) is 44.4 Å². The monoisotopic (exact) mass is 926 g/mol. The van der Waals surface area contributed by atoms with Gasteiger partial charge in [-0.3, -0.25) is 29.2 Å². The summed E-state index contributed by atoms with van der Waals surface area (Å²) in [7, 11) is 0. The molecule has 16 N–H and O–H groups in total. The molecule has 1 aromatic heterocycles. The highest BCUT2D eigenvalue weighted by molar-refractivity contribution is 7.99. The number of unbranched alkanes of at least 4 members (excludes halogenated alkanes) is 4. The maximum absolute atomic E-state index is 14.2. The van der Waals surface area contributed by atoms with Crippen molar-refractivity contribution in [3.05, 3.63) is 64.7 Å². The fourth-order valence-corrected chi connectivity index (χ4v) is 6.71. The van der Waals surface area contributed by atoms with Crippen molar-refractivity contribution in [1.82, 2.24) is 9.97 Å². The quantitative estimate of drug-likeness (QED) is 0.0195. The summed E-state index contributed by atoms with van der Waals surface area (Å²) in [6.45, 7) is 0.887. The van der Waals surface area contributed by atoms with Crippen molar-refractivity contribution in [1.29, 1.82) is 0 Å². The van der Waals surface area contributed by atoms with Crippen molar-refractivity contribution in [2.45, 2.75) is 81.5 Å². The Kier molecular flexibility index (Phi) is 20.5. The van der Waals surface area contributed by atoms with Gasteiger partial charge in [0.1, 0.15) is 17.7 Å². The van der Waals surface area contributed by atoms with E-state index in [0.717, 1.165) is 30.2 Å². The number of anilines is 4. The lowest BCUT2D eigenvalue weighted by molar-refractivity contribution is -0.138. The number of nitrogens with zero attached hydrogens (tertiary/aromatic N) is 4. The molecule has 0 aliphatic heterocycles. The number of hydrogen-bond donors (Lipinski definition) is 10. The lowest BCUT2D eigenvalue weighted by Crippen LogP contribution is -2.23. The zero-order chi connectivity index (χ0) is 47.5. The van der Waals surface area contributed by atoms with Crippen LogP contribution in [0.5, 0.6) is 0 Å². The number of thioether (sulfide) groups is 1. The van der Waals surface area contributed by atoms with Gasteiger partial charge in [0.2, 0.25) is 11.8 Å². The topological polar surface area (TPSA) is 323 Å². The molecule has 0 fully saturated rings. The third-order valence-electron chi connectivity index (χ3n) is 8.88. The minimum absolute atomic E-state index is 0.0325. The van der Waals surface area contributed by atoms with Gasteiger partial charge in [-0.15, -0.1) is 11.8 Å². The van der Waals surface area contributed by atoms with Crippen LogP contribution in [0.2, 0.25) is 0 Å². The van der Waals surface area contributed by atoms with E-state index in [1.165, 1.54) is 0 Å². The van der Waals surface area contributed by atoms with Crippen molar-refractivity contribution in [3.8, 4) is 0 Å². The first-order valence-electron chi connectivity index (χ1n) is 19.9. The number of aliphatic imine (C=N–C) groups is 2. The molecule has 0 unspecified atom stereocenters. The SMILES string of the molecule is NCCCCCc1c(NC(=O)CCCCN=C(N)N)cc(C(F)(F)F)cc1NC(=O)c1cc(C(=O)Nc2cc(C(F)(F)F)cc(NC(=O)CCCCN=C(N)N)c2SCCN)ncn1. The molecule has 0 radical (unpaired) electrons. The lowest BCUT2D eigenvalue weighted by atomic mass is 9.99. The largest absolute Gasteiger partial charge is 0.416 e. The van der Waals surface area contributed by atoms with Crippen LogP contribution in [0, 0.1) is 0 Å². The standard InChI is InChI=1S/C39H52F6N14O4S/c40-38(41,42)22-16-25(56-31(60)9-3-6-13-52-36(48)49)24(8-2-1-5-11-46)26(17-22)58-34(62)29-20-30(55-21-54-29)35(63)59-28-19-23(39(43,44)45)18-27(33(28)64-15-12-47)57-32(61)10-4-7-14-53-37(50)51/h16-21H,1-15,46-47H2,(H,56,60)(H,57,61)(H,58,62)(H,59,63)(H4,48,49,52)(H4,50,51,53). The summed E-state index contributed by atoms with van der Waals surface area (Å²) in [6, 6.07) is 3.72. The number of benzene rings is 2. The average Bonchev–Trinajstić information content (AvgIpc) is 3.21. The number of amides is 4. The molecule has 0 saturated carbocycles. The van der Waals surface area contributed by atoms with E-state index >= 15 is 0 Å². The van der Waals surface area contributed by atoms with Crippen LogP contribution >= 0.6 is 11.8 Å². The van der Waals surface area contributed by atoms with Crippen LogP contribution in [-0.2, 0) is 28.4 Å². The lowest BCUT2D eigenvalue weighted by Gasteiger charge is -2.20. The first-order valence-corrected chi connectivity index (χ1v) is 20.9. The number of alkyl halides is 6. The summed E-state index contributed by atoms with van der Waals surface area (Å²) < 4.78 is 85.2. The van der Waals surface area contributed by atoms with Crippen molar-refractivity contribution in [2.75, 3.05) is 53.2 Å². The highest BCUT2D eigenvalue weighted by Crippen LogP contribution is 2.42. The predicted octanol–water partition coefficient (Wildman–Crippen LogP) is 4.51. The zero-order valence-corrected chi connectivity index (χ0v) is 35.4. The molecule has 0 aliphatic carbocycles. The molecule has 0 spiro atoms. The molecule has 3 aromatic rings. The zero-order valence-electron chi connectivity index (χ0n) is 34.6. The number of aromatic nitrogens is 2. The van der Waals surface area contributed by atoms with Crippen LogP contribution in [0.15, 0.2) is 51.5 Å².